The molecule has 4 rings (SSSR count). The summed E-state index contributed by atoms with van der Waals surface area (Å²) in [5.74, 6) is -1.27. The van der Waals surface area contributed by atoms with E-state index in [2.05, 4.69) is 30.4 Å². The van der Waals surface area contributed by atoms with Crippen molar-refractivity contribution >= 4 is 17.5 Å². The van der Waals surface area contributed by atoms with Crippen molar-refractivity contribution in [3.05, 3.63) is 42.2 Å². The van der Waals surface area contributed by atoms with E-state index in [1.165, 1.54) is 25.3 Å². The Morgan fingerprint density at radius 2 is 2.03 bits per heavy atom. The zero-order valence-electron chi connectivity index (χ0n) is 16.0. The van der Waals surface area contributed by atoms with Crippen LogP contribution in [-0.4, -0.2) is 44.5 Å². The van der Waals surface area contributed by atoms with Gasteiger partial charge in [0.05, 0.1) is 17.9 Å². The van der Waals surface area contributed by atoms with Gasteiger partial charge in [-0.3, -0.25) is 14.3 Å². The summed E-state index contributed by atoms with van der Waals surface area (Å²) >= 11 is 0. The molecular formula is C19H15F3N6O3. The molecule has 2 N–H and O–H groups in total. The van der Waals surface area contributed by atoms with Gasteiger partial charge < -0.3 is 15.4 Å². The third-order valence-corrected chi connectivity index (χ3v) is 4.32. The maximum absolute atomic E-state index is 12.8. The van der Waals surface area contributed by atoms with Crippen LogP contribution in [0.5, 0.6) is 5.75 Å². The summed E-state index contributed by atoms with van der Waals surface area (Å²) in [4.78, 5) is 31.7. The number of hydrogen-bond acceptors (Lipinski definition) is 6. The second kappa shape index (κ2) is 7.70. The fourth-order valence-corrected chi connectivity index (χ4v) is 3.06. The van der Waals surface area contributed by atoms with E-state index in [1.807, 2.05) is 0 Å². The van der Waals surface area contributed by atoms with E-state index in [1.54, 1.807) is 16.8 Å². The van der Waals surface area contributed by atoms with Gasteiger partial charge in [0, 0.05) is 25.2 Å². The molecule has 0 saturated carbocycles. The number of carbonyl (C=O) groups is 2. The number of carbonyl (C=O) groups excluding carboxylic acids is 2. The predicted octanol–water partition coefficient (Wildman–Crippen LogP) is 2.61. The number of fused-ring (bicyclic) bond motifs is 1. The molecule has 0 saturated heterocycles. The largest absolute Gasteiger partial charge is 0.573 e. The maximum atomic E-state index is 12.8. The number of nitrogens with zero attached hydrogens (tertiary/aromatic N) is 4. The quantitative estimate of drug-likeness (QED) is 0.656. The molecule has 0 spiro atoms. The van der Waals surface area contributed by atoms with Crippen LogP contribution >= 0.6 is 0 Å². The van der Waals surface area contributed by atoms with Crippen molar-refractivity contribution in [1.29, 1.82) is 0 Å². The van der Waals surface area contributed by atoms with Crippen LogP contribution in [0.4, 0.5) is 18.9 Å². The van der Waals surface area contributed by atoms with Gasteiger partial charge in [-0.15, -0.1) is 13.2 Å². The van der Waals surface area contributed by atoms with Crippen LogP contribution in [0.15, 0.2) is 36.5 Å². The van der Waals surface area contributed by atoms with Crippen molar-refractivity contribution in [3.63, 3.8) is 0 Å². The zero-order valence-corrected chi connectivity index (χ0v) is 16.0. The predicted molar refractivity (Wildman–Crippen MR) is 102 cm³/mol. The molecule has 0 bridgehead atoms. The molecule has 2 amide bonds. The molecule has 3 heterocycles. The summed E-state index contributed by atoms with van der Waals surface area (Å²) in [6.07, 6.45) is -3.52. The summed E-state index contributed by atoms with van der Waals surface area (Å²) in [6.45, 7) is 2.15. The third-order valence-electron chi connectivity index (χ3n) is 4.32. The number of halogens is 3. The molecular weight excluding hydrogens is 417 g/mol. The fourth-order valence-electron chi connectivity index (χ4n) is 3.06. The first-order valence-electron chi connectivity index (χ1n) is 9.07. The Balaban J connectivity index is 1.71. The first kappa shape index (κ1) is 20.3. The van der Waals surface area contributed by atoms with Crippen molar-refractivity contribution in [2.45, 2.75) is 19.8 Å². The normalized spacial score (nSPS) is 13.4. The minimum Gasteiger partial charge on any atom is -0.404 e. The minimum atomic E-state index is -4.95. The van der Waals surface area contributed by atoms with Gasteiger partial charge in [-0.25, -0.2) is 9.97 Å². The lowest BCUT2D eigenvalue weighted by Crippen LogP contribution is -2.35. The Labute approximate surface area is 173 Å². The highest BCUT2D eigenvalue weighted by Gasteiger charge is 2.32. The fraction of sp³-hybridized carbons (Fsp3) is 0.211. The van der Waals surface area contributed by atoms with E-state index in [0.717, 1.165) is 6.07 Å². The maximum Gasteiger partial charge on any atom is 0.573 e. The van der Waals surface area contributed by atoms with Gasteiger partial charge in [-0.1, -0.05) is 0 Å². The van der Waals surface area contributed by atoms with Crippen molar-refractivity contribution in [3.8, 4) is 28.5 Å². The van der Waals surface area contributed by atoms with Crippen LogP contribution in [0.25, 0.3) is 22.8 Å². The molecule has 1 aliphatic rings. The van der Waals surface area contributed by atoms with Gasteiger partial charge in [0.15, 0.2) is 11.6 Å². The average molecular weight is 432 g/mol. The molecule has 0 fully saturated rings. The number of aromatic nitrogens is 4. The van der Waals surface area contributed by atoms with Gasteiger partial charge in [0.25, 0.3) is 5.91 Å². The van der Waals surface area contributed by atoms with E-state index >= 15 is 0 Å². The first-order valence-corrected chi connectivity index (χ1v) is 9.07. The highest BCUT2D eigenvalue weighted by molar-refractivity contribution is 5.94. The lowest BCUT2D eigenvalue weighted by Gasteiger charge is -2.14. The average Bonchev–Trinajstić information content (AvgIpc) is 3.14. The van der Waals surface area contributed by atoms with Gasteiger partial charge in [-0.05, 0) is 30.3 Å². The summed E-state index contributed by atoms with van der Waals surface area (Å²) in [5, 5.41) is 9.37. The van der Waals surface area contributed by atoms with E-state index in [4.69, 9.17) is 0 Å². The lowest BCUT2D eigenvalue weighted by molar-refractivity contribution is -0.274. The molecule has 0 aliphatic carbocycles. The van der Waals surface area contributed by atoms with Crippen LogP contribution in [0.1, 0.15) is 17.4 Å². The molecule has 12 heteroatoms. The van der Waals surface area contributed by atoms with Gasteiger partial charge in [0.1, 0.15) is 11.4 Å². The molecule has 160 valence electrons. The Hall–Kier alpha value is -3.96. The SMILES string of the molecule is CC(=O)Nc1ccc(-c2nccc(-c3cc4n(n3)CCNC4=O)n2)cc1OC(F)(F)F. The zero-order chi connectivity index (χ0) is 22.2. The number of nitrogens with one attached hydrogen (secondary N) is 2. The standard InChI is InChI=1S/C19H15F3N6O3/c1-10(29)25-13-3-2-11(8-16(13)31-19(20,21)22)17-23-5-4-12(26-17)14-9-15-18(30)24-6-7-28(15)27-14/h2-5,8-9H,6-7H2,1H3,(H,24,30)(H,25,29). The molecule has 3 aromatic rings. The summed E-state index contributed by atoms with van der Waals surface area (Å²) in [6, 6.07) is 6.98. The smallest absolute Gasteiger partial charge is 0.404 e. The molecule has 31 heavy (non-hydrogen) atoms. The highest BCUT2D eigenvalue weighted by Crippen LogP contribution is 2.34. The van der Waals surface area contributed by atoms with Gasteiger partial charge >= 0.3 is 6.36 Å². The first-order chi connectivity index (χ1) is 14.7. The highest BCUT2D eigenvalue weighted by atomic mass is 19.4. The van der Waals surface area contributed by atoms with Gasteiger partial charge in [-0.2, -0.15) is 5.10 Å². The van der Waals surface area contributed by atoms with Crippen molar-refractivity contribution < 1.29 is 27.5 Å². The number of alkyl halides is 3. The van der Waals surface area contributed by atoms with Crippen LogP contribution in [0.3, 0.4) is 0 Å². The van der Waals surface area contributed by atoms with Crippen molar-refractivity contribution in [1.82, 2.24) is 25.1 Å². The third kappa shape index (κ3) is 4.47. The number of amides is 2. The van der Waals surface area contributed by atoms with Crippen LogP contribution in [0.2, 0.25) is 0 Å². The van der Waals surface area contributed by atoms with Crippen LogP contribution in [0, 0.1) is 0 Å². The Kier molecular flexibility index (Phi) is 5.05. The number of ether oxygens (including phenoxy) is 1. The topological polar surface area (TPSA) is 111 Å². The van der Waals surface area contributed by atoms with E-state index in [-0.39, 0.29) is 23.0 Å². The van der Waals surface area contributed by atoms with Crippen molar-refractivity contribution in [2.24, 2.45) is 0 Å². The second-order valence-corrected chi connectivity index (χ2v) is 6.60. The Morgan fingerprint density at radius 3 is 2.74 bits per heavy atom. The molecule has 0 atom stereocenters. The molecule has 2 aromatic heterocycles. The molecule has 0 radical (unpaired) electrons. The van der Waals surface area contributed by atoms with Gasteiger partial charge in [0.2, 0.25) is 5.91 Å². The van der Waals surface area contributed by atoms with Crippen LogP contribution in [-0.2, 0) is 11.3 Å². The summed E-state index contributed by atoms with van der Waals surface area (Å²) < 4.78 is 44.0. The van der Waals surface area contributed by atoms with E-state index in [0.29, 0.717) is 30.2 Å². The Morgan fingerprint density at radius 1 is 1.23 bits per heavy atom. The number of benzene rings is 1. The van der Waals surface area contributed by atoms with Crippen LogP contribution < -0.4 is 15.4 Å². The number of hydrogen-bond donors (Lipinski definition) is 2. The second-order valence-electron chi connectivity index (χ2n) is 6.60. The van der Waals surface area contributed by atoms with E-state index in [9.17, 15) is 22.8 Å². The molecule has 1 aliphatic heterocycles. The summed E-state index contributed by atoms with van der Waals surface area (Å²) in [5.41, 5.74) is 1.30. The summed E-state index contributed by atoms with van der Waals surface area (Å²) in [7, 11) is 0. The molecule has 0 unspecified atom stereocenters. The monoisotopic (exact) mass is 432 g/mol. The van der Waals surface area contributed by atoms with Crippen molar-refractivity contribution in [2.75, 3.05) is 11.9 Å². The minimum absolute atomic E-state index is 0.120. The lowest BCUT2D eigenvalue weighted by atomic mass is 10.1. The molecule has 1 aromatic carbocycles. The number of anilines is 1. The molecule has 9 nitrogen and oxygen atoms in total. The van der Waals surface area contributed by atoms with E-state index < -0.39 is 18.0 Å². The number of rotatable bonds is 4. The Bertz CT molecular complexity index is 1170.